The van der Waals surface area contributed by atoms with Crippen LogP contribution in [-0.2, 0) is 9.47 Å². The van der Waals surface area contributed by atoms with Gasteiger partial charge in [-0.2, -0.15) is 0 Å². The minimum Gasteiger partial charge on any atom is -0.387 e. The number of hydrogen-bond acceptors (Lipinski definition) is 7. The standard InChI is InChI=1S/C7H14O7/c1-13-6(11)4(10)5-2(8)3(9)7(12)14-5/h2-12H,1H3/t2-,3-,4?,5-,6?,7?/m1/s1. The lowest BCUT2D eigenvalue weighted by Gasteiger charge is -2.23. The molecule has 1 aliphatic heterocycles. The van der Waals surface area contributed by atoms with Gasteiger partial charge in [-0.3, -0.25) is 0 Å². The first-order chi connectivity index (χ1) is 6.49. The van der Waals surface area contributed by atoms with Crippen molar-refractivity contribution in [1.82, 2.24) is 0 Å². The van der Waals surface area contributed by atoms with E-state index in [4.69, 9.17) is 15.3 Å². The SMILES string of the molecule is COC(O)C(O)[C@@H]1OC(O)[C@H](O)[C@H]1O. The molecule has 84 valence electrons. The number of aliphatic hydroxyl groups is 5. The zero-order valence-corrected chi connectivity index (χ0v) is 7.52. The van der Waals surface area contributed by atoms with Crippen LogP contribution in [0, 0.1) is 0 Å². The molecule has 7 nitrogen and oxygen atoms in total. The molecule has 1 saturated heterocycles. The monoisotopic (exact) mass is 210 g/mol. The number of ether oxygens (including phenoxy) is 2. The molecule has 1 fully saturated rings. The summed E-state index contributed by atoms with van der Waals surface area (Å²) in [6.45, 7) is 0. The van der Waals surface area contributed by atoms with Crippen LogP contribution in [-0.4, -0.2) is 69.6 Å². The van der Waals surface area contributed by atoms with Gasteiger partial charge in [0.05, 0.1) is 0 Å². The Bertz CT molecular complexity index is 187. The van der Waals surface area contributed by atoms with Crippen LogP contribution in [0.5, 0.6) is 0 Å². The predicted octanol–water partition coefficient (Wildman–Crippen LogP) is -3.25. The molecule has 5 N–H and O–H groups in total. The summed E-state index contributed by atoms with van der Waals surface area (Å²) >= 11 is 0. The van der Waals surface area contributed by atoms with Crippen molar-refractivity contribution >= 4 is 0 Å². The van der Waals surface area contributed by atoms with Crippen LogP contribution in [0.15, 0.2) is 0 Å². The van der Waals surface area contributed by atoms with Gasteiger partial charge in [-0.15, -0.1) is 0 Å². The Balaban J connectivity index is 2.61. The van der Waals surface area contributed by atoms with Crippen LogP contribution in [0.3, 0.4) is 0 Å². The number of aliphatic hydroxyl groups excluding tert-OH is 5. The second-order valence-electron chi connectivity index (χ2n) is 3.09. The average Bonchev–Trinajstić information content (AvgIpc) is 2.43. The molecule has 14 heavy (non-hydrogen) atoms. The van der Waals surface area contributed by atoms with Crippen molar-refractivity contribution in [3.8, 4) is 0 Å². The second-order valence-corrected chi connectivity index (χ2v) is 3.09. The van der Waals surface area contributed by atoms with Gasteiger partial charge >= 0.3 is 0 Å². The molecule has 3 unspecified atom stereocenters. The number of hydrogen-bond donors (Lipinski definition) is 5. The third-order valence-corrected chi connectivity index (χ3v) is 2.15. The van der Waals surface area contributed by atoms with Gasteiger partial charge in [0.1, 0.15) is 24.4 Å². The van der Waals surface area contributed by atoms with Crippen molar-refractivity contribution in [3.63, 3.8) is 0 Å². The Kier molecular flexibility index (Phi) is 3.78. The Morgan fingerprint density at radius 2 is 1.71 bits per heavy atom. The van der Waals surface area contributed by atoms with Crippen molar-refractivity contribution in [2.75, 3.05) is 7.11 Å². The fourth-order valence-corrected chi connectivity index (χ4v) is 1.27. The van der Waals surface area contributed by atoms with E-state index in [1.807, 2.05) is 0 Å². The van der Waals surface area contributed by atoms with Crippen LogP contribution in [0.1, 0.15) is 0 Å². The molecule has 6 atom stereocenters. The van der Waals surface area contributed by atoms with E-state index in [0.29, 0.717) is 0 Å². The lowest BCUT2D eigenvalue weighted by atomic mass is 10.1. The van der Waals surface area contributed by atoms with E-state index < -0.39 is 37.0 Å². The van der Waals surface area contributed by atoms with Crippen LogP contribution in [0.25, 0.3) is 0 Å². The lowest BCUT2D eigenvalue weighted by Crippen LogP contribution is -2.45. The topological polar surface area (TPSA) is 120 Å². The Morgan fingerprint density at radius 1 is 1.14 bits per heavy atom. The minimum atomic E-state index is -1.58. The number of methoxy groups -OCH3 is 1. The molecule has 1 aliphatic rings. The van der Waals surface area contributed by atoms with Crippen LogP contribution < -0.4 is 0 Å². The highest BCUT2D eigenvalue weighted by atomic mass is 16.7. The predicted molar refractivity (Wildman–Crippen MR) is 41.9 cm³/mol. The zero-order chi connectivity index (χ0) is 10.9. The first-order valence-corrected chi connectivity index (χ1v) is 4.07. The summed E-state index contributed by atoms with van der Waals surface area (Å²) < 4.78 is 9.03. The molecule has 0 aromatic carbocycles. The molecule has 0 spiro atoms. The summed E-state index contributed by atoms with van der Waals surface area (Å²) in [4.78, 5) is 0. The summed E-state index contributed by atoms with van der Waals surface area (Å²) in [6.07, 6.45) is -8.92. The summed E-state index contributed by atoms with van der Waals surface area (Å²) in [5, 5.41) is 45.7. The zero-order valence-electron chi connectivity index (χ0n) is 7.52. The van der Waals surface area contributed by atoms with Gasteiger partial charge in [-0.25, -0.2) is 0 Å². The molecular weight excluding hydrogens is 196 g/mol. The van der Waals surface area contributed by atoms with Crippen molar-refractivity contribution in [2.24, 2.45) is 0 Å². The molecule has 0 aromatic heterocycles. The van der Waals surface area contributed by atoms with Gasteiger partial charge in [0.15, 0.2) is 12.6 Å². The Morgan fingerprint density at radius 3 is 2.07 bits per heavy atom. The molecular formula is C7H14O7. The fraction of sp³-hybridized carbons (Fsp3) is 1.00. The van der Waals surface area contributed by atoms with Gasteiger partial charge in [-0.05, 0) is 0 Å². The van der Waals surface area contributed by atoms with Crippen molar-refractivity contribution < 1.29 is 35.0 Å². The van der Waals surface area contributed by atoms with Crippen molar-refractivity contribution in [1.29, 1.82) is 0 Å². The molecule has 0 aliphatic carbocycles. The maximum atomic E-state index is 9.34. The molecule has 0 aromatic rings. The smallest absolute Gasteiger partial charge is 0.184 e. The normalized spacial score (nSPS) is 42.4. The quantitative estimate of drug-likeness (QED) is 0.310. The van der Waals surface area contributed by atoms with Gasteiger partial charge in [0, 0.05) is 7.11 Å². The minimum absolute atomic E-state index is 1.15. The second kappa shape index (κ2) is 4.49. The number of rotatable bonds is 3. The Hall–Kier alpha value is -0.280. The lowest BCUT2D eigenvalue weighted by molar-refractivity contribution is -0.207. The first-order valence-electron chi connectivity index (χ1n) is 4.07. The summed E-state index contributed by atoms with van der Waals surface area (Å²) in [7, 11) is 1.15. The van der Waals surface area contributed by atoms with Crippen molar-refractivity contribution in [2.45, 2.75) is 37.0 Å². The van der Waals surface area contributed by atoms with Gasteiger partial charge in [-0.1, -0.05) is 0 Å². The molecule has 0 radical (unpaired) electrons. The molecule has 7 heteroatoms. The van der Waals surface area contributed by atoms with Gasteiger partial charge in [0.25, 0.3) is 0 Å². The molecule has 1 rings (SSSR count). The van der Waals surface area contributed by atoms with E-state index in [1.54, 1.807) is 0 Å². The largest absolute Gasteiger partial charge is 0.387 e. The molecule has 0 saturated carbocycles. The van der Waals surface area contributed by atoms with Crippen LogP contribution >= 0.6 is 0 Å². The van der Waals surface area contributed by atoms with E-state index >= 15 is 0 Å². The van der Waals surface area contributed by atoms with Crippen LogP contribution in [0.4, 0.5) is 0 Å². The third-order valence-electron chi connectivity index (χ3n) is 2.15. The highest BCUT2D eigenvalue weighted by Crippen LogP contribution is 2.23. The van der Waals surface area contributed by atoms with E-state index in [2.05, 4.69) is 9.47 Å². The average molecular weight is 210 g/mol. The highest BCUT2D eigenvalue weighted by Gasteiger charge is 2.47. The van der Waals surface area contributed by atoms with Gasteiger partial charge in [0.2, 0.25) is 0 Å². The highest BCUT2D eigenvalue weighted by molar-refractivity contribution is 4.90. The van der Waals surface area contributed by atoms with E-state index in [9.17, 15) is 10.2 Å². The summed E-state index contributed by atoms with van der Waals surface area (Å²) in [5.74, 6) is 0. The molecule has 1 heterocycles. The third kappa shape index (κ3) is 2.04. The van der Waals surface area contributed by atoms with E-state index in [0.717, 1.165) is 7.11 Å². The molecule has 0 amide bonds. The summed E-state index contributed by atoms with van der Waals surface area (Å²) in [5.41, 5.74) is 0. The first kappa shape index (κ1) is 11.8. The maximum absolute atomic E-state index is 9.34. The Labute approximate surface area is 80.1 Å². The summed E-state index contributed by atoms with van der Waals surface area (Å²) in [6, 6.07) is 0. The van der Waals surface area contributed by atoms with Crippen molar-refractivity contribution in [3.05, 3.63) is 0 Å². The molecule has 0 bridgehead atoms. The van der Waals surface area contributed by atoms with E-state index in [1.165, 1.54) is 0 Å². The fourth-order valence-electron chi connectivity index (χ4n) is 1.27. The van der Waals surface area contributed by atoms with E-state index in [-0.39, 0.29) is 0 Å². The maximum Gasteiger partial charge on any atom is 0.184 e. The van der Waals surface area contributed by atoms with Gasteiger partial charge < -0.3 is 35.0 Å². The van der Waals surface area contributed by atoms with Crippen LogP contribution in [0.2, 0.25) is 0 Å².